The number of rotatable bonds is 7. The molecule has 28 heavy (non-hydrogen) atoms. The highest BCUT2D eigenvalue weighted by Gasteiger charge is 2.50. The Morgan fingerprint density at radius 2 is 1.64 bits per heavy atom. The monoisotopic (exact) mass is 400 g/mol. The van der Waals surface area contributed by atoms with E-state index in [9.17, 15) is 8.42 Å². The van der Waals surface area contributed by atoms with Gasteiger partial charge in [-0.3, -0.25) is 0 Å². The lowest BCUT2D eigenvalue weighted by Gasteiger charge is -2.28. The molecule has 0 aliphatic carbocycles. The Kier molecular flexibility index (Phi) is 5.71. The van der Waals surface area contributed by atoms with Crippen LogP contribution in [0.3, 0.4) is 0 Å². The van der Waals surface area contributed by atoms with Gasteiger partial charge in [0.1, 0.15) is 5.75 Å². The number of likely N-dealkylation sites (tertiary alicyclic amines) is 1. The first-order valence-corrected chi connectivity index (χ1v) is 11.8. The van der Waals surface area contributed by atoms with E-state index >= 15 is 0 Å². The minimum Gasteiger partial charge on any atom is -0.494 e. The predicted octanol–water partition coefficient (Wildman–Crippen LogP) is 3.02. The summed E-state index contributed by atoms with van der Waals surface area (Å²) in [6.45, 7) is 4.22. The predicted molar refractivity (Wildman–Crippen MR) is 111 cm³/mol. The molecule has 0 amide bonds. The maximum absolute atomic E-state index is 12.4. The van der Waals surface area contributed by atoms with Gasteiger partial charge in [-0.25, -0.2) is 8.42 Å². The Labute approximate surface area is 168 Å². The van der Waals surface area contributed by atoms with Gasteiger partial charge in [0.2, 0.25) is 10.0 Å². The molecule has 0 aromatic heterocycles. The highest BCUT2D eigenvalue weighted by molar-refractivity contribution is 7.88. The Hall–Kier alpha value is -1.89. The Morgan fingerprint density at radius 1 is 0.964 bits per heavy atom. The third kappa shape index (κ3) is 4.24. The van der Waals surface area contributed by atoms with E-state index in [1.54, 1.807) is 4.31 Å². The molecule has 2 aliphatic heterocycles. The highest BCUT2D eigenvalue weighted by atomic mass is 32.2. The molecule has 0 N–H and O–H groups in total. The summed E-state index contributed by atoms with van der Waals surface area (Å²) in [5.74, 6) is 1.66. The van der Waals surface area contributed by atoms with Crippen molar-refractivity contribution in [1.82, 2.24) is 9.21 Å². The quantitative estimate of drug-likeness (QED) is 0.671. The van der Waals surface area contributed by atoms with Crippen LogP contribution in [0.1, 0.15) is 18.0 Å². The minimum absolute atomic E-state index is 0.0493. The molecule has 3 atom stereocenters. The van der Waals surface area contributed by atoms with E-state index in [-0.39, 0.29) is 6.04 Å². The summed E-state index contributed by atoms with van der Waals surface area (Å²) in [6.07, 6.45) is 2.31. The van der Waals surface area contributed by atoms with Gasteiger partial charge in [0.05, 0.1) is 18.9 Å². The van der Waals surface area contributed by atoms with E-state index < -0.39 is 10.0 Å². The molecule has 0 radical (unpaired) electrons. The van der Waals surface area contributed by atoms with E-state index in [0.29, 0.717) is 25.0 Å². The zero-order chi connectivity index (χ0) is 19.6. The first kappa shape index (κ1) is 19.4. The van der Waals surface area contributed by atoms with Crippen molar-refractivity contribution in [3.63, 3.8) is 0 Å². The molecular formula is C22H28N2O3S. The van der Waals surface area contributed by atoms with E-state index in [2.05, 4.69) is 17.0 Å². The van der Waals surface area contributed by atoms with E-state index in [1.807, 2.05) is 48.5 Å². The van der Waals surface area contributed by atoms with Crippen LogP contribution in [0.4, 0.5) is 0 Å². The van der Waals surface area contributed by atoms with Crippen molar-refractivity contribution in [3.8, 4) is 5.75 Å². The smallest absolute Gasteiger partial charge is 0.211 e. The summed E-state index contributed by atoms with van der Waals surface area (Å²) >= 11 is 0. The van der Waals surface area contributed by atoms with Crippen molar-refractivity contribution in [1.29, 1.82) is 0 Å². The normalized spacial score (nSPS) is 25.7. The second kappa shape index (κ2) is 8.23. The second-order valence-corrected chi connectivity index (χ2v) is 9.82. The average Bonchev–Trinajstić information content (AvgIpc) is 3.24. The summed E-state index contributed by atoms with van der Waals surface area (Å²) in [5, 5.41) is 0. The van der Waals surface area contributed by atoms with Gasteiger partial charge in [-0.1, -0.05) is 48.5 Å². The molecular weight excluding hydrogens is 372 g/mol. The van der Waals surface area contributed by atoms with Gasteiger partial charge in [0, 0.05) is 26.2 Å². The van der Waals surface area contributed by atoms with Crippen LogP contribution in [-0.4, -0.2) is 56.7 Å². The van der Waals surface area contributed by atoms with Gasteiger partial charge in [-0.2, -0.15) is 4.31 Å². The van der Waals surface area contributed by atoms with Crippen LogP contribution in [-0.2, 0) is 10.0 Å². The molecule has 6 heteroatoms. The van der Waals surface area contributed by atoms with Crippen LogP contribution in [0.5, 0.6) is 5.75 Å². The van der Waals surface area contributed by atoms with Crippen LogP contribution in [0, 0.1) is 11.8 Å². The molecule has 0 bridgehead atoms. The van der Waals surface area contributed by atoms with Crippen LogP contribution < -0.4 is 4.74 Å². The van der Waals surface area contributed by atoms with E-state index in [4.69, 9.17) is 4.74 Å². The maximum Gasteiger partial charge on any atom is 0.211 e. The summed E-state index contributed by atoms with van der Waals surface area (Å²) in [6, 6.07) is 19.9. The van der Waals surface area contributed by atoms with Gasteiger partial charge in [-0.05, 0) is 36.0 Å². The fourth-order valence-electron chi connectivity index (χ4n) is 4.68. The Morgan fingerprint density at radius 3 is 2.32 bits per heavy atom. The maximum atomic E-state index is 12.4. The molecule has 0 spiro atoms. The molecule has 2 saturated heterocycles. The van der Waals surface area contributed by atoms with Gasteiger partial charge in [-0.15, -0.1) is 0 Å². The molecule has 5 nitrogen and oxygen atoms in total. The fraction of sp³-hybridized carbons (Fsp3) is 0.455. The zero-order valence-electron chi connectivity index (χ0n) is 16.3. The Bertz CT molecular complexity index is 873. The zero-order valence-corrected chi connectivity index (χ0v) is 17.1. The lowest BCUT2D eigenvalue weighted by Crippen LogP contribution is -2.35. The standard InChI is InChI=1S/C22H28N2O3S/c1-28(25,26)24-16-19-15-23(13-8-14-27-20-11-6-3-7-12-20)17-21(19)22(24)18-9-4-2-5-10-18/h2-7,9-12,19,21-22H,8,13-17H2,1H3/t19-,21-,22+/m1/s1. The van der Waals surface area contributed by atoms with Crippen LogP contribution in [0.15, 0.2) is 60.7 Å². The summed E-state index contributed by atoms with van der Waals surface area (Å²) < 4.78 is 32.3. The number of nitrogens with zero attached hydrogens (tertiary/aromatic N) is 2. The fourth-order valence-corrected chi connectivity index (χ4v) is 5.83. The van der Waals surface area contributed by atoms with Crippen LogP contribution in [0.2, 0.25) is 0 Å². The molecule has 4 rings (SSSR count). The van der Waals surface area contributed by atoms with Gasteiger partial charge >= 0.3 is 0 Å². The van der Waals surface area contributed by atoms with Crippen LogP contribution >= 0.6 is 0 Å². The second-order valence-electron chi connectivity index (χ2n) is 7.89. The topological polar surface area (TPSA) is 49.9 Å². The average molecular weight is 401 g/mol. The Balaban J connectivity index is 1.37. The first-order chi connectivity index (χ1) is 13.5. The number of hydrogen-bond donors (Lipinski definition) is 0. The molecule has 2 heterocycles. The number of ether oxygens (including phenoxy) is 1. The number of sulfonamides is 1. The van der Waals surface area contributed by atoms with E-state index in [0.717, 1.165) is 37.4 Å². The molecule has 2 aliphatic rings. The molecule has 2 aromatic carbocycles. The lowest BCUT2D eigenvalue weighted by molar-refractivity contribution is 0.236. The first-order valence-electron chi connectivity index (χ1n) is 9.94. The number of para-hydroxylation sites is 1. The molecule has 0 saturated carbocycles. The van der Waals surface area contributed by atoms with Crippen LogP contribution in [0.25, 0.3) is 0 Å². The van der Waals surface area contributed by atoms with Crippen molar-refractivity contribution in [2.75, 3.05) is 39.0 Å². The number of hydrogen-bond acceptors (Lipinski definition) is 4. The van der Waals surface area contributed by atoms with Gasteiger partial charge in [0.15, 0.2) is 0 Å². The van der Waals surface area contributed by atoms with Crippen molar-refractivity contribution < 1.29 is 13.2 Å². The molecule has 0 unspecified atom stereocenters. The summed E-state index contributed by atoms with van der Waals surface area (Å²) in [7, 11) is -3.22. The van der Waals surface area contributed by atoms with Crippen molar-refractivity contribution >= 4 is 10.0 Å². The number of benzene rings is 2. The van der Waals surface area contributed by atoms with Crippen molar-refractivity contribution in [2.45, 2.75) is 12.5 Å². The summed E-state index contributed by atoms with van der Waals surface area (Å²) in [5.41, 5.74) is 1.11. The summed E-state index contributed by atoms with van der Waals surface area (Å²) in [4.78, 5) is 2.47. The third-order valence-electron chi connectivity index (χ3n) is 5.90. The van der Waals surface area contributed by atoms with Gasteiger partial charge < -0.3 is 9.64 Å². The largest absolute Gasteiger partial charge is 0.494 e. The minimum atomic E-state index is -3.22. The molecule has 150 valence electrons. The third-order valence-corrected chi connectivity index (χ3v) is 7.12. The SMILES string of the molecule is CS(=O)(=O)N1C[C@H]2CN(CCCOc3ccccc3)C[C@H]2[C@@H]1c1ccccc1. The highest BCUT2D eigenvalue weighted by Crippen LogP contribution is 2.45. The van der Waals surface area contributed by atoms with Crippen molar-refractivity contribution in [2.24, 2.45) is 11.8 Å². The molecule has 2 aromatic rings. The molecule has 2 fully saturated rings. The van der Waals surface area contributed by atoms with Crippen molar-refractivity contribution in [3.05, 3.63) is 66.2 Å². The lowest BCUT2D eigenvalue weighted by atomic mass is 9.90. The van der Waals surface area contributed by atoms with E-state index in [1.165, 1.54) is 6.26 Å². The van der Waals surface area contributed by atoms with Gasteiger partial charge in [0.25, 0.3) is 0 Å². The number of fused-ring (bicyclic) bond motifs is 1.